The highest BCUT2D eigenvalue weighted by atomic mass is 32.2. The highest BCUT2D eigenvalue weighted by Gasteiger charge is 2.22. The summed E-state index contributed by atoms with van der Waals surface area (Å²) in [5.74, 6) is -0.602. The molecule has 0 aliphatic carbocycles. The molecule has 0 bridgehead atoms. The highest BCUT2D eigenvalue weighted by Crippen LogP contribution is 2.25. The molecule has 1 rings (SSSR count). The fourth-order valence-electron chi connectivity index (χ4n) is 0.970. The first-order valence-corrected chi connectivity index (χ1v) is 5.67. The molecule has 0 aliphatic heterocycles. The number of nitrogens with one attached hydrogen (secondary N) is 1. The number of thioether (sulfide) groups is 1. The normalized spacial score (nSPS) is 14.2. The third kappa shape index (κ3) is 3.19. The van der Waals surface area contributed by atoms with Crippen molar-refractivity contribution in [2.45, 2.75) is 17.4 Å². The molecule has 16 heavy (non-hydrogen) atoms. The molecule has 86 valence electrons. The lowest BCUT2D eigenvalue weighted by atomic mass is 10.1. The Balaban J connectivity index is 2.75. The van der Waals surface area contributed by atoms with Gasteiger partial charge in [-0.2, -0.15) is 5.26 Å². The fraction of sp³-hybridized carbons (Fsp3) is 0.364. The molecule has 1 aromatic rings. The van der Waals surface area contributed by atoms with Crippen molar-refractivity contribution in [2.75, 3.05) is 12.8 Å². The molecule has 0 saturated carbocycles. The minimum atomic E-state index is -0.747. The largest absolute Gasteiger partial charge is 0.302 e. The maximum Gasteiger partial charge on any atom is 0.136 e. The molecule has 0 aliphatic rings. The van der Waals surface area contributed by atoms with Crippen molar-refractivity contribution in [3.8, 4) is 6.07 Å². The van der Waals surface area contributed by atoms with Gasteiger partial charge in [-0.3, -0.25) is 0 Å². The van der Waals surface area contributed by atoms with Crippen molar-refractivity contribution in [1.82, 2.24) is 5.32 Å². The number of halogens is 2. The lowest BCUT2D eigenvalue weighted by Crippen LogP contribution is -2.40. The van der Waals surface area contributed by atoms with Crippen LogP contribution in [0.3, 0.4) is 0 Å². The summed E-state index contributed by atoms with van der Waals surface area (Å²) >= 11 is 1.12. The van der Waals surface area contributed by atoms with Crippen molar-refractivity contribution in [3.05, 3.63) is 29.8 Å². The minimum Gasteiger partial charge on any atom is -0.302 e. The Morgan fingerprint density at radius 1 is 1.50 bits per heavy atom. The van der Waals surface area contributed by atoms with Gasteiger partial charge >= 0.3 is 0 Å². The summed E-state index contributed by atoms with van der Waals surface area (Å²) in [7, 11) is 1.66. The number of benzene rings is 1. The fourth-order valence-corrected chi connectivity index (χ4v) is 2.03. The SMILES string of the molecule is CNC(C)(C#N)CSc1cc(F)ccc1F. The van der Waals surface area contributed by atoms with Crippen LogP contribution in [0.15, 0.2) is 23.1 Å². The Hall–Kier alpha value is -1.12. The van der Waals surface area contributed by atoms with Crippen molar-refractivity contribution >= 4 is 11.8 Å². The van der Waals surface area contributed by atoms with Gasteiger partial charge in [0.15, 0.2) is 0 Å². The summed E-state index contributed by atoms with van der Waals surface area (Å²) in [5, 5.41) is 11.7. The average Bonchev–Trinajstić information content (AvgIpc) is 2.30. The van der Waals surface area contributed by atoms with Crippen LogP contribution >= 0.6 is 11.8 Å². The number of nitriles is 1. The zero-order chi connectivity index (χ0) is 12.2. The lowest BCUT2D eigenvalue weighted by Gasteiger charge is -2.19. The Bertz CT molecular complexity index is 417. The van der Waals surface area contributed by atoms with E-state index in [0.29, 0.717) is 5.75 Å². The van der Waals surface area contributed by atoms with Gasteiger partial charge in [-0.05, 0) is 32.2 Å². The van der Waals surface area contributed by atoms with E-state index in [1.165, 1.54) is 0 Å². The molecule has 0 fully saturated rings. The molecular weight excluding hydrogens is 230 g/mol. The van der Waals surface area contributed by atoms with E-state index >= 15 is 0 Å². The molecule has 0 heterocycles. The van der Waals surface area contributed by atoms with Crippen LogP contribution in [0.25, 0.3) is 0 Å². The first kappa shape index (κ1) is 12.9. The van der Waals surface area contributed by atoms with Crippen molar-refractivity contribution in [3.63, 3.8) is 0 Å². The second-order valence-corrected chi connectivity index (χ2v) is 4.57. The highest BCUT2D eigenvalue weighted by molar-refractivity contribution is 7.99. The van der Waals surface area contributed by atoms with Crippen molar-refractivity contribution in [2.24, 2.45) is 0 Å². The van der Waals surface area contributed by atoms with Gasteiger partial charge in [0.25, 0.3) is 0 Å². The van der Waals surface area contributed by atoms with Crippen molar-refractivity contribution < 1.29 is 8.78 Å². The van der Waals surface area contributed by atoms with Gasteiger partial charge in [0.2, 0.25) is 0 Å². The van der Waals surface area contributed by atoms with Crippen LogP contribution < -0.4 is 5.32 Å². The second kappa shape index (κ2) is 5.28. The molecule has 1 atom stereocenters. The number of nitrogens with zero attached hydrogens (tertiary/aromatic N) is 1. The van der Waals surface area contributed by atoms with E-state index in [1.807, 2.05) is 0 Å². The molecule has 1 aromatic carbocycles. The quantitative estimate of drug-likeness (QED) is 0.824. The first-order chi connectivity index (χ1) is 7.50. The lowest BCUT2D eigenvalue weighted by molar-refractivity contribution is 0.548. The molecular formula is C11H12F2N2S. The van der Waals surface area contributed by atoms with Crippen LogP contribution in [0.2, 0.25) is 0 Å². The third-order valence-electron chi connectivity index (χ3n) is 2.21. The number of hydrogen-bond donors (Lipinski definition) is 1. The van der Waals surface area contributed by atoms with Crippen LogP contribution in [-0.2, 0) is 0 Å². The van der Waals surface area contributed by atoms with E-state index in [0.717, 1.165) is 30.0 Å². The summed E-state index contributed by atoms with van der Waals surface area (Å²) in [4.78, 5) is 0.219. The van der Waals surface area contributed by atoms with E-state index in [1.54, 1.807) is 14.0 Å². The topological polar surface area (TPSA) is 35.8 Å². The molecule has 2 nitrogen and oxygen atoms in total. The van der Waals surface area contributed by atoms with Crippen LogP contribution in [0.5, 0.6) is 0 Å². The molecule has 1 unspecified atom stereocenters. The van der Waals surface area contributed by atoms with Gasteiger partial charge in [0.1, 0.15) is 17.2 Å². The molecule has 0 spiro atoms. The molecule has 0 radical (unpaired) electrons. The molecule has 0 saturated heterocycles. The average molecular weight is 242 g/mol. The van der Waals surface area contributed by atoms with Gasteiger partial charge < -0.3 is 5.32 Å². The maximum absolute atomic E-state index is 13.3. The Kier molecular flexibility index (Phi) is 4.27. The Morgan fingerprint density at radius 3 is 2.75 bits per heavy atom. The number of rotatable bonds is 4. The van der Waals surface area contributed by atoms with E-state index < -0.39 is 17.2 Å². The summed E-state index contributed by atoms with van der Waals surface area (Å²) in [6.07, 6.45) is 0. The van der Waals surface area contributed by atoms with E-state index in [4.69, 9.17) is 5.26 Å². The monoisotopic (exact) mass is 242 g/mol. The number of hydrogen-bond acceptors (Lipinski definition) is 3. The first-order valence-electron chi connectivity index (χ1n) is 4.69. The van der Waals surface area contributed by atoms with Gasteiger partial charge in [-0.15, -0.1) is 11.8 Å². The van der Waals surface area contributed by atoms with Gasteiger partial charge in [-0.25, -0.2) is 8.78 Å². The van der Waals surface area contributed by atoms with Crippen LogP contribution in [0.1, 0.15) is 6.92 Å². The Morgan fingerprint density at radius 2 is 2.19 bits per heavy atom. The van der Waals surface area contributed by atoms with E-state index in [-0.39, 0.29) is 4.90 Å². The summed E-state index contributed by atoms with van der Waals surface area (Å²) in [5.41, 5.74) is -0.747. The molecule has 1 N–H and O–H groups in total. The smallest absolute Gasteiger partial charge is 0.136 e. The molecule has 0 amide bonds. The minimum absolute atomic E-state index is 0.219. The zero-order valence-electron chi connectivity index (χ0n) is 9.05. The molecule has 0 aromatic heterocycles. The van der Waals surface area contributed by atoms with Crippen LogP contribution in [0, 0.1) is 23.0 Å². The van der Waals surface area contributed by atoms with Gasteiger partial charge in [0.05, 0.1) is 6.07 Å². The summed E-state index contributed by atoms with van der Waals surface area (Å²) in [6.45, 7) is 1.71. The zero-order valence-corrected chi connectivity index (χ0v) is 9.87. The van der Waals surface area contributed by atoms with Crippen LogP contribution in [-0.4, -0.2) is 18.3 Å². The summed E-state index contributed by atoms with van der Waals surface area (Å²) < 4.78 is 26.1. The predicted octanol–water partition coefficient (Wildman–Crippen LogP) is 2.56. The second-order valence-electron chi connectivity index (χ2n) is 3.56. The summed E-state index contributed by atoms with van der Waals surface area (Å²) in [6, 6.07) is 5.37. The van der Waals surface area contributed by atoms with Crippen molar-refractivity contribution in [1.29, 1.82) is 5.26 Å². The predicted molar refractivity (Wildman–Crippen MR) is 60.2 cm³/mol. The van der Waals surface area contributed by atoms with Gasteiger partial charge in [0, 0.05) is 10.6 Å². The third-order valence-corrected chi connectivity index (χ3v) is 3.55. The standard InChI is InChI=1S/C11H12F2N2S/c1-11(6-14,15-2)7-16-10-5-8(12)3-4-9(10)13/h3-5,15H,7H2,1-2H3. The van der Waals surface area contributed by atoms with Gasteiger partial charge in [-0.1, -0.05) is 0 Å². The Labute approximate surface area is 97.7 Å². The van der Waals surface area contributed by atoms with E-state index in [9.17, 15) is 8.78 Å². The maximum atomic E-state index is 13.3. The van der Waals surface area contributed by atoms with Crippen LogP contribution in [0.4, 0.5) is 8.78 Å². The molecule has 5 heteroatoms. The van der Waals surface area contributed by atoms with E-state index in [2.05, 4.69) is 11.4 Å².